The SMILES string of the molecule is Cn1nc(C(NN)c2cc(F)ccc2Cl)c2ccccc21. The van der Waals surface area contributed by atoms with Gasteiger partial charge in [-0.05, 0) is 29.8 Å². The topological polar surface area (TPSA) is 55.9 Å². The van der Waals surface area contributed by atoms with Crippen LogP contribution in [0, 0.1) is 5.82 Å². The van der Waals surface area contributed by atoms with Gasteiger partial charge in [0.15, 0.2) is 0 Å². The van der Waals surface area contributed by atoms with Crippen molar-refractivity contribution in [2.75, 3.05) is 0 Å². The average molecular weight is 305 g/mol. The van der Waals surface area contributed by atoms with Crippen molar-refractivity contribution in [1.29, 1.82) is 0 Å². The number of para-hydroxylation sites is 1. The van der Waals surface area contributed by atoms with Gasteiger partial charge in [-0.2, -0.15) is 5.10 Å². The molecule has 0 bridgehead atoms. The fourth-order valence-corrected chi connectivity index (χ4v) is 2.73. The van der Waals surface area contributed by atoms with Crippen LogP contribution in [-0.2, 0) is 7.05 Å². The zero-order valence-corrected chi connectivity index (χ0v) is 12.1. The number of nitrogens with two attached hydrogens (primary N) is 1. The molecule has 4 nitrogen and oxygen atoms in total. The second-order valence-corrected chi connectivity index (χ2v) is 5.20. The first-order valence-corrected chi connectivity index (χ1v) is 6.82. The molecule has 0 aliphatic carbocycles. The highest BCUT2D eigenvalue weighted by Crippen LogP contribution is 2.31. The van der Waals surface area contributed by atoms with E-state index in [2.05, 4.69) is 10.5 Å². The second-order valence-electron chi connectivity index (χ2n) is 4.79. The lowest BCUT2D eigenvalue weighted by Gasteiger charge is -2.16. The van der Waals surface area contributed by atoms with Gasteiger partial charge in [-0.25, -0.2) is 9.82 Å². The van der Waals surface area contributed by atoms with Crippen LogP contribution in [0.3, 0.4) is 0 Å². The van der Waals surface area contributed by atoms with E-state index in [1.807, 2.05) is 31.3 Å². The summed E-state index contributed by atoms with van der Waals surface area (Å²) < 4.78 is 15.3. The molecule has 3 aromatic rings. The number of aromatic nitrogens is 2. The van der Waals surface area contributed by atoms with Crippen molar-refractivity contribution in [2.24, 2.45) is 12.9 Å². The fraction of sp³-hybridized carbons (Fsp3) is 0.133. The monoisotopic (exact) mass is 304 g/mol. The minimum Gasteiger partial charge on any atom is -0.271 e. The predicted octanol–water partition coefficient (Wildman–Crippen LogP) is 2.92. The third-order valence-corrected chi connectivity index (χ3v) is 3.84. The lowest BCUT2D eigenvalue weighted by Crippen LogP contribution is -2.29. The molecule has 0 radical (unpaired) electrons. The summed E-state index contributed by atoms with van der Waals surface area (Å²) in [5.74, 6) is 5.31. The van der Waals surface area contributed by atoms with E-state index in [1.165, 1.54) is 18.2 Å². The molecule has 0 saturated heterocycles. The van der Waals surface area contributed by atoms with Crippen molar-refractivity contribution in [3.63, 3.8) is 0 Å². The molecular weight excluding hydrogens is 291 g/mol. The number of benzene rings is 2. The van der Waals surface area contributed by atoms with E-state index < -0.39 is 6.04 Å². The summed E-state index contributed by atoms with van der Waals surface area (Å²) >= 11 is 6.18. The zero-order chi connectivity index (χ0) is 15.0. The molecular formula is C15H14ClFN4. The van der Waals surface area contributed by atoms with Gasteiger partial charge in [0.1, 0.15) is 5.82 Å². The Morgan fingerprint density at radius 2 is 2.05 bits per heavy atom. The zero-order valence-electron chi connectivity index (χ0n) is 11.3. The van der Waals surface area contributed by atoms with Gasteiger partial charge in [0, 0.05) is 17.5 Å². The highest BCUT2D eigenvalue weighted by Gasteiger charge is 2.22. The van der Waals surface area contributed by atoms with Crippen molar-refractivity contribution >= 4 is 22.5 Å². The highest BCUT2D eigenvalue weighted by atomic mass is 35.5. The van der Waals surface area contributed by atoms with Gasteiger partial charge in [-0.15, -0.1) is 0 Å². The van der Waals surface area contributed by atoms with Crippen LogP contribution in [0.5, 0.6) is 0 Å². The van der Waals surface area contributed by atoms with Crippen molar-refractivity contribution in [2.45, 2.75) is 6.04 Å². The minimum absolute atomic E-state index is 0.366. The fourth-order valence-electron chi connectivity index (χ4n) is 2.51. The molecule has 0 spiro atoms. The van der Waals surface area contributed by atoms with Crippen LogP contribution in [0.25, 0.3) is 10.9 Å². The molecule has 3 rings (SSSR count). The minimum atomic E-state index is -0.487. The van der Waals surface area contributed by atoms with E-state index in [4.69, 9.17) is 17.4 Å². The largest absolute Gasteiger partial charge is 0.271 e. The molecule has 1 aromatic heterocycles. The second kappa shape index (κ2) is 5.44. The molecule has 0 fully saturated rings. The summed E-state index contributed by atoms with van der Waals surface area (Å²) in [6.45, 7) is 0. The third kappa shape index (κ3) is 2.40. The maximum atomic E-state index is 13.5. The van der Waals surface area contributed by atoms with Gasteiger partial charge in [0.2, 0.25) is 0 Å². The Morgan fingerprint density at radius 3 is 2.81 bits per heavy atom. The summed E-state index contributed by atoms with van der Waals surface area (Å²) in [5, 5.41) is 5.89. The standard InChI is InChI=1S/C15H14ClFN4/c1-21-13-5-3-2-4-10(13)15(20-21)14(19-18)11-8-9(17)6-7-12(11)16/h2-8,14,19H,18H2,1H3. The van der Waals surface area contributed by atoms with Gasteiger partial charge >= 0.3 is 0 Å². The van der Waals surface area contributed by atoms with Crippen LogP contribution < -0.4 is 11.3 Å². The third-order valence-electron chi connectivity index (χ3n) is 3.50. The Labute approximate surface area is 126 Å². The van der Waals surface area contributed by atoms with Gasteiger partial charge in [0.05, 0.1) is 17.3 Å². The van der Waals surface area contributed by atoms with Gasteiger partial charge < -0.3 is 0 Å². The van der Waals surface area contributed by atoms with E-state index in [-0.39, 0.29) is 5.82 Å². The van der Waals surface area contributed by atoms with Crippen LogP contribution in [0.2, 0.25) is 5.02 Å². The predicted molar refractivity (Wildman–Crippen MR) is 81.3 cm³/mol. The smallest absolute Gasteiger partial charge is 0.123 e. The maximum Gasteiger partial charge on any atom is 0.123 e. The first kappa shape index (κ1) is 14.0. The number of nitrogens with zero attached hydrogens (tertiary/aromatic N) is 2. The number of aryl methyl sites for hydroxylation is 1. The Kier molecular flexibility index (Phi) is 3.63. The Morgan fingerprint density at radius 1 is 1.29 bits per heavy atom. The van der Waals surface area contributed by atoms with Gasteiger partial charge in [0.25, 0.3) is 0 Å². The van der Waals surface area contributed by atoms with Crippen molar-refractivity contribution < 1.29 is 4.39 Å². The van der Waals surface area contributed by atoms with Crippen LogP contribution in [0.15, 0.2) is 42.5 Å². The Hall–Kier alpha value is -1.95. The molecule has 21 heavy (non-hydrogen) atoms. The number of rotatable bonds is 3. The van der Waals surface area contributed by atoms with Gasteiger partial charge in [-0.3, -0.25) is 10.5 Å². The molecule has 0 aliphatic heterocycles. The maximum absolute atomic E-state index is 13.5. The molecule has 3 N–H and O–H groups in total. The van der Waals surface area contributed by atoms with E-state index in [0.717, 1.165) is 10.9 Å². The normalized spacial score (nSPS) is 12.8. The van der Waals surface area contributed by atoms with E-state index in [1.54, 1.807) is 4.68 Å². The number of halogens is 2. The summed E-state index contributed by atoms with van der Waals surface area (Å²) in [6, 6.07) is 11.5. The molecule has 1 atom stereocenters. The van der Waals surface area contributed by atoms with E-state index in [9.17, 15) is 4.39 Å². The Bertz CT molecular complexity index is 799. The van der Waals surface area contributed by atoms with Crippen LogP contribution in [0.1, 0.15) is 17.3 Å². The number of fused-ring (bicyclic) bond motifs is 1. The van der Waals surface area contributed by atoms with Crippen LogP contribution in [0.4, 0.5) is 4.39 Å². The number of nitrogens with one attached hydrogen (secondary N) is 1. The summed E-state index contributed by atoms with van der Waals surface area (Å²) in [4.78, 5) is 0. The lowest BCUT2D eigenvalue weighted by atomic mass is 10.0. The Balaban J connectivity index is 2.21. The lowest BCUT2D eigenvalue weighted by molar-refractivity contribution is 0.591. The number of hydrogen-bond donors (Lipinski definition) is 2. The summed E-state index contributed by atoms with van der Waals surface area (Å²) in [6.07, 6.45) is 0. The molecule has 1 heterocycles. The van der Waals surface area contributed by atoms with Gasteiger partial charge in [-0.1, -0.05) is 29.8 Å². The molecule has 108 valence electrons. The van der Waals surface area contributed by atoms with Crippen molar-refractivity contribution in [1.82, 2.24) is 15.2 Å². The molecule has 2 aromatic carbocycles. The summed E-state index contributed by atoms with van der Waals surface area (Å²) in [5.41, 5.74) is 4.92. The molecule has 0 amide bonds. The first-order chi connectivity index (χ1) is 10.1. The average Bonchev–Trinajstić information content (AvgIpc) is 2.81. The summed E-state index contributed by atoms with van der Waals surface area (Å²) in [7, 11) is 1.85. The quantitative estimate of drug-likeness (QED) is 0.578. The van der Waals surface area contributed by atoms with Crippen molar-refractivity contribution in [3.05, 3.63) is 64.6 Å². The first-order valence-electron chi connectivity index (χ1n) is 6.44. The number of hydrogen-bond acceptors (Lipinski definition) is 3. The highest BCUT2D eigenvalue weighted by molar-refractivity contribution is 6.31. The van der Waals surface area contributed by atoms with Crippen LogP contribution >= 0.6 is 11.6 Å². The van der Waals surface area contributed by atoms with E-state index in [0.29, 0.717) is 16.3 Å². The van der Waals surface area contributed by atoms with Crippen LogP contribution in [-0.4, -0.2) is 9.78 Å². The molecule has 0 saturated carbocycles. The molecule has 1 unspecified atom stereocenters. The van der Waals surface area contributed by atoms with E-state index >= 15 is 0 Å². The molecule has 0 aliphatic rings. The van der Waals surface area contributed by atoms with Crippen molar-refractivity contribution in [3.8, 4) is 0 Å². The number of hydrazine groups is 1. The molecule has 6 heteroatoms.